The van der Waals surface area contributed by atoms with Crippen LogP contribution >= 0.6 is 0 Å². The average Bonchev–Trinajstić information content (AvgIpc) is 2.39. The first kappa shape index (κ1) is 11.4. The van der Waals surface area contributed by atoms with Gasteiger partial charge in [-0.1, -0.05) is 42.5 Å². The molecule has 0 saturated heterocycles. The number of carboxylic acids is 1. The van der Waals surface area contributed by atoms with E-state index in [0.29, 0.717) is 5.56 Å². The third-order valence-electron chi connectivity index (χ3n) is 2.60. The fourth-order valence-electron chi connectivity index (χ4n) is 1.71. The molecule has 2 aromatic carbocycles. The first-order valence-corrected chi connectivity index (χ1v) is 5.25. The van der Waals surface area contributed by atoms with E-state index in [0.717, 1.165) is 11.1 Å². The summed E-state index contributed by atoms with van der Waals surface area (Å²) in [6, 6.07) is 14.1. The molecule has 0 aromatic heterocycles. The Morgan fingerprint density at radius 3 is 2.24 bits per heavy atom. The number of aromatic carboxylic acids is 1. The number of aliphatic hydroxyl groups excluding tert-OH is 1. The average molecular weight is 228 g/mol. The molecule has 2 aromatic rings. The lowest BCUT2D eigenvalue weighted by Gasteiger charge is -2.06. The summed E-state index contributed by atoms with van der Waals surface area (Å²) in [5.41, 5.74) is 2.61. The second-order valence-corrected chi connectivity index (χ2v) is 3.71. The molecule has 0 atom stereocenters. The minimum atomic E-state index is -0.938. The van der Waals surface area contributed by atoms with E-state index < -0.39 is 5.97 Å². The number of carboxylic acid groups (broad SMARTS) is 1. The Hall–Kier alpha value is -2.13. The van der Waals surface area contributed by atoms with E-state index in [1.54, 1.807) is 30.3 Å². The lowest BCUT2D eigenvalue weighted by atomic mass is 9.99. The van der Waals surface area contributed by atoms with Crippen molar-refractivity contribution in [1.29, 1.82) is 0 Å². The molecule has 0 unspecified atom stereocenters. The zero-order valence-electron chi connectivity index (χ0n) is 9.13. The van der Waals surface area contributed by atoms with E-state index in [9.17, 15) is 4.79 Å². The SMILES string of the molecule is O=C(O)c1ccccc1-c1ccc(CO)cc1. The molecule has 0 aliphatic rings. The van der Waals surface area contributed by atoms with Crippen LogP contribution in [0, 0.1) is 0 Å². The minimum Gasteiger partial charge on any atom is -0.478 e. The first-order valence-electron chi connectivity index (χ1n) is 5.25. The lowest BCUT2D eigenvalue weighted by molar-refractivity contribution is 0.0697. The molecule has 0 aliphatic heterocycles. The fourth-order valence-corrected chi connectivity index (χ4v) is 1.71. The summed E-state index contributed by atoms with van der Waals surface area (Å²) >= 11 is 0. The molecule has 3 nitrogen and oxygen atoms in total. The van der Waals surface area contributed by atoms with E-state index in [4.69, 9.17) is 10.2 Å². The van der Waals surface area contributed by atoms with Gasteiger partial charge in [-0.15, -0.1) is 0 Å². The van der Waals surface area contributed by atoms with Gasteiger partial charge in [0, 0.05) is 0 Å². The van der Waals surface area contributed by atoms with Gasteiger partial charge in [0.25, 0.3) is 0 Å². The van der Waals surface area contributed by atoms with Gasteiger partial charge in [0.2, 0.25) is 0 Å². The van der Waals surface area contributed by atoms with Gasteiger partial charge < -0.3 is 10.2 Å². The summed E-state index contributed by atoms with van der Waals surface area (Å²) in [7, 11) is 0. The van der Waals surface area contributed by atoms with Crippen molar-refractivity contribution in [3.05, 3.63) is 59.7 Å². The second kappa shape index (κ2) is 4.80. The number of benzene rings is 2. The van der Waals surface area contributed by atoms with Crippen LogP contribution in [0.3, 0.4) is 0 Å². The maximum absolute atomic E-state index is 11.1. The van der Waals surface area contributed by atoms with Crippen LogP contribution in [-0.2, 0) is 6.61 Å². The third-order valence-corrected chi connectivity index (χ3v) is 2.60. The van der Waals surface area contributed by atoms with E-state index >= 15 is 0 Å². The molecule has 0 aliphatic carbocycles. The van der Waals surface area contributed by atoms with E-state index in [2.05, 4.69) is 0 Å². The molecule has 0 spiro atoms. The van der Waals surface area contributed by atoms with Gasteiger partial charge in [-0.3, -0.25) is 0 Å². The van der Waals surface area contributed by atoms with Crippen LogP contribution in [0.4, 0.5) is 0 Å². The molecular weight excluding hydrogens is 216 g/mol. The number of aliphatic hydroxyl groups is 1. The van der Waals surface area contributed by atoms with E-state index in [-0.39, 0.29) is 12.2 Å². The molecule has 0 radical (unpaired) electrons. The molecule has 2 rings (SSSR count). The Bertz CT molecular complexity index is 529. The zero-order chi connectivity index (χ0) is 12.3. The van der Waals surface area contributed by atoms with Crippen molar-refractivity contribution in [2.24, 2.45) is 0 Å². The van der Waals surface area contributed by atoms with Gasteiger partial charge in [0.05, 0.1) is 12.2 Å². The maximum Gasteiger partial charge on any atom is 0.336 e. The molecular formula is C14H12O3. The summed E-state index contributed by atoms with van der Waals surface area (Å²) in [4.78, 5) is 11.1. The smallest absolute Gasteiger partial charge is 0.336 e. The molecule has 0 heterocycles. The lowest BCUT2D eigenvalue weighted by Crippen LogP contribution is -1.99. The van der Waals surface area contributed by atoms with Gasteiger partial charge in [-0.25, -0.2) is 4.79 Å². The molecule has 0 saturated carbocycles. The maximum atomic E-state index is 11.1. The summed E-state index contributed by atoms with van der Waals surface area (Å²) in [6.07, 6.45) is 0. The predicted molar refractivity (Wildman–Crippen MR) is 64.8 cm³/mol. The van der Waals surface area contributed by atoms with Crippen molar-refractivity contribution in [1.82, 2.24) is 0 Å². The molecule has 0 amide bonds. The van der Waals surface area contributed by atoms with Gasteiger partial charge in [0.15, 0.2) is 0 Å². The Labute approximate surface area is 99.0 Å². The van der Waals surface area contributed by atoms with Crippen LogP contribution in [0.5, 0.6) is 0 Å². The van der Waals surface area contributed by atoms with Crippen LogP contribution < -0.4 is 0 Å². The molecule has 0 fully saturated rings. The molecule has 3 heteroatoms. The van der Waals surface area contributed by atoms with Gasteiger partial charge in [-0.05, 0) is 22.8 Å². The summed E-state index contributed by atoms with van der Waals surface area (Å²) in [5, 5.41) is 18.0. The summed E-state index contributed by atoms with van der Waals surface area (Å²) in [6.45, 7) is -0.0130. The van der Waals surface area contributed by atoms with Crippen molar-refractivity contribution in [2.75, 3.05) is 0 Å². The van der Waals surface area contributed by atoms with Crippen molar-refractivity contribution in [2.45, 2.75) is 6.61 Å². The highest BCUT2D eigenvalue weighted by atomic mass is 16.4. The number of rotatable bonds is 3. The molecule has 0 bridgehead atoms. The highest BCUT2D eigenvalue weighted by Crippen LogP contribution is 2.24. The Kier molecular flexibility index (Phi) is 3.21. The van der Waals surface area contributed by atoms with Gasteiger partial charge in [0.1, 0.15) is 0 Å². The highest BCUT2D eigenvalue weighted by Gasteiger charge is 2.10. The fraction of sp³-hybridized carbons (Fsp3) is 0.0714. The molecule has 17 heavy (non-hydrogen) atoms. The first-order chi connectivity index (χ1) is 8.22. The van der Waals surface area contributed by atoms with Crippen molar-refractivity contribution >= 4 is 5.97 Å². The quantitative estimate of drug-likeness (QED) is 0.848. The van der Waals surface area contributed by atoms with Crippen LogP contribution in [0.1, 0.15) is 15.9 Å². The van der Waals surface area contributed by atoms with Crippen LogP contribution in [-0.4, -0.2) is 16.2 Å². The van der Waals surface area contributed by atoms with Gasteiger partial charge in [-0.2, -0.15) is 0 Å². The molecule has 86 valence electrons. The number of hydrogen-bond donors (Lipinski definition) is 2. The van der Waals surface area contributed by atoms with E-state index in [1.807, 2.05) is 18.2 Å². The van der Waals surface area contributed by atoms with E-state index in [1.165, 1.54) is 0 Å². The topological polar surface area (TPSA) is 57.5 Å². The Balaban J connectivity index is 2.48. The third kappa shape index (κ3) is 2.34. The normalized spacial score (nSPS) is 10.2. The van der Waals surface area contributed by atoms with Crippen molar-refractivity contribution in [3.8, 4) is 11.1 Å². The van der Waals surface area contributed by atoms with Crippen molar-refractivity contribution < 1.29 is 15.0 Å². The summed E-state index contributed by atoms with van der Waals surface area (Å²) < 4.78 is 0. The van der Waals surface area contributed by atoms with Gasteiger partial charge >= 0.3 is 5.97 Å². The monoisotopic (exact) mass is 228 g/mol. The summed E-state index contributed by atoms with van der Waals surface area (Å²) in [5.74, 6) is -0.938. The van der Waals surface area contributed by atoms with Crippen LogP contribution in [0.2, 0.25) is 0 Å². The number of carbonyl (C=O) groups is 1. The molecule has 2 N–H and O–H groups in total. The minimum absolute atomic E-state index is 0.0130. The zero-order valence-corrected chi connectivity index (χ0v) is 9.13. The predicted octanol–water partition coefficient (Wildman–Crippen LogP) is 2.54. The highest BCUT2D eigenvalue weighted by molar-refractivity contribution is 5.95. The largest absolute Gasteiger partial charge is 0.478 e. The standard InChI is InChI=1S/C14H12O3/c15-9-10-5-7-11(8-6-10)12-3-1-2-4-13(12)14(16)17/h1-8,15H,9H2,(H,16,17). The number of hydrogen-bond acceptors (Lipinski definition) is 2. The van der Waals surface area contributed by atoms with Crippen LogP contribution in [0.25, 0.3) is 11.1 Å². The van der Waals surface area contributed by atoms with Crippen molar-refractivity contribution in [3.63, 3.8) is 0 Å². The second-order valence-electron chi connectivity index (χ2n) is 3.71. The van der Waals surface area contributed by atoms with Crippen LogP contribution in [0.15, 0.2) is 48.5 Å². The Morgan fingerprint density at radius 2 is 1.65 bits per heavy atom. The Morgan fingerprint density at radius 1 is 1.00 bits per heavy atom.